The van der Waals surface area contributed by atoms with Gasteiger partial charge >= 0.3 is 0 Å². The number of nitrogens with one attached hydrogen (secondary N) is 1. The molecule has 0 unspecified atom stereocenters. The molecule has 0 radical (unpaired) electrons. The average Bonchev–Trinajstić information content (AvgIpc) is 2.61. The van der Waals surface area contributed by atoms with E-state index in [1.54, 1.807) is 31.4 Å². The van der Waals surface area contributed by atoms with Gasteiger partial charge in [0.25, 0.3) is 5.91 Å². The highest BCUT2D eigenvalue weighted by molar-refractivity contribution is 6.00. The number of amides is 1. The number of benzene rings is 2. The summed E-state index contributed by atoms with van der Waals surface area (Å²) in [5.41, 5.74) is 8.79. The number of fused-ring (bicyclic) bond motifs is 1. The van der Waals surface area contributed by atoms with E-state index in [1.165, 1.54) is 0 Å². The van der Waals surface area contributed by atoms with Crippen molar-refractivity contribution >= 4 is 17.3 Å². The molecule has 2 aromatic rings. The molecule has 1 amide bonds. The lowest BCUT2D eigenvalue weighted by molar-refractivity contribution is -0.114. The van der Waals surface area contributed by atoms with Crippen LogP contribution in [0.15, 0.2) is 64.5 Å². The summed E-state index contributed by atoms with van der Waals surface area (Å²) in [5.74, 6) is 0.0966. The molecule has 134 valence electrons. The van der Waals surface area contributed by atoms with Gasteiger partial charge in [-0.15, -0.1) is 5.11 Å². The number of nitrogens with two attached hydrogens (primary N) is 1. The molecule has 0 aromatic heterocycles. The summed E-state index contributed by atoms with van der Waals surface area (Å²) in [6.45, 7) is 4.14. The Hall–Kier alpha value is -3.15. The maximum atomic E-state index is 12.1. The van der Waals surface area contributed by atoms with E-state index < -0.39 is 5.91 Å². The van der Waals surface area contributed by atoms with Crippen LogP contribution in [0.25, 0.3) is 5.70 Å². The number of hydrogen-bond acceptors (Lipinski definition) is 5. The number of azo groups is 1. The normalized spacial score (nSPS) is 17.3. The SMILES string of the molecule is COc1ccc(/N=N/C(C(N)=O)=C2/NC(C)(C)Cc3ccccc32)cc1. The lowest BCUT2D eigenvalue weighted by atomic mass is 9.85. The van der Waals surface area contributed by atoms with Gasteiger partial charge in [-0.1, -0.05) is 24.3 Å². The molecule has 26 heavy (non-hydrogen) atoms. The third-order valence-corrected chi connectivity index (χ3v) is 4.19. The van der Waals surface area contributed by atoms with Crippen molar-refractivity contribution in [1.82, 2.24) is 5.32 Å². The first-order valence-electron chi connectivity index (χ1n) is 8.36. The first-order chi connectivity index (χ1) is 12.4. The van der Waals surface area contributed by atoms with Crippen molar-refractivity contribution in [3.63, 3.8) is 0 Å². The zero-order chi connectivity index (χ0) is 18.7. The maximum Gasteiger partial charge on any atom is 0.271 e. The number of rotatable bonds is 4. The fourth-order valence-electron chi connectivity index (χ4n) is 3.01. The molecule has 3 N–H and O–H groups in total. The second kappa shape index (κ2) is 7.00. The first kappa shape index (κ1) is 17.7. The van der Waals surface area contributed by atoms with E-state index in [0.29, 0.717) is 11.4 Å². The fourth-order valence-corrected chi connectivity index (χ4v) is 3.01. The number of nitrogens with zero attached hydrogens (tertiary/aromatic N) is 2. The summed E-state index contributed by atoms with van der Waals surface area (Å²) < 4.78 is 5.12. The van der Waals surface area contributed by atoms with Gasteiger partial charge in [0, 0.05) is 11.1 Å². The molecule has 0 aliphatic carbocycles. The van der Waals surface area contributed by atoms with Crippen LogP contribution in [0.4, 0.5) is 5.69 Å². The number of carbonyl (C=O) groups is 1. The smallest absolute Gasteiger partial charge is 0.271 e. The third kappa shape index (κ3) is 3.74. The zero-order valence-electron chi connectivity index (χ0n) is 15.1. The summed E-state index contributed by atoms with van der Waals surface area (Å²) in [6, 6.07) is 15.0. The van der Waals surface area contributed by atoms with Gasteiger partial charge in [0.05, 0.1) is 18.5 Å². The van der Waals surface area contributed by atoms with Crippen LogP contribution in [0.1, 0.15) is 25.0 Å². The van der Waals surface area contributed by atoms with E-state index in [4.69, 9.17) is 10.5 Å². The van der Waals surface area contributed by atoms with Gasteiger partial charge in [0.1, 0.15) is 5.75 Å². The van der Waals surface area contributed by atoms with Gasteiger partial charge in [-0.05, 0) is 50.1 Å². The highest BCUT2D eigenvalue weighted by Gasteiger charge is 2.30. The fraction of sp³-hybridized carbons (Fsp3) is 0.250. The number of ether oxygens (including phenoxy) is 1. The van der Waals surface area contributed by atoms with Crippen molar-refractivity contribution < 1.29 is 9.53 Å². The second-order valence-electron chi connectivity index (χ2n) is 6.83. The molecule has 0 saturated carbocycles. The largest absolute Gasteiger partial charge is 0.497 e. The molecule has 1 aliphatic heterocycles. The number of primary amides is 1. The molecule has 1 heterocycles. The van der Waals surface area contributed by atoms with Crippen LogP contribution < -0.4 is 15.8 Å². The van der Waals surface area contributed by atoms with Gasteiger partial charge in [-0.25, -0.2) is 0 Å². The molecule has 0 spiro atoms. The standard InChI is InChI=1S/C20H22N4O2/c1-20(2)12-13-6-4-5-7-16(13)17(22-20)18(19(21)25)24-23-14-8-10-15(26-3)11-9-14/h4-11,22H,12H2,1-3H3,(H2,21,25)/b18-17+,24-23+. The molecule has 1 aliphatic rings. The summed E-state index contributed by atoms with van der Waals surface area (Å²) in [4.78, 5) is 12.1. The number of methoxy groups -OCH3 is 1. The Bertz CT molecular complexity index is 883. The quantitative estimate of drug-likeness (QED) is 0.653. The Morgan fingerprint density at radius 2 is 1.85 bits per heavy atom. The second-order valence-corrected chi connectivity index (χ2v) is 6.83. The van der Waals surface area contributed by atoms with Gasteiger partial charge < -0.3 is 15.8 Å². The summed E-state index contributed by atoms with van der Waals surface area (Å²) >= 11 is 0. The molecule has 0 bridgehead atoms. The molecule has 6 heteroatoms. The molecule has 6 nitrogen and oxygen atoms in total. The van der Waals surface area contributed by atoms with E-state index >= 15 is 0 Å². The van der Waals surface area contributed by atoms with Crippen LogP contribution >= 0.6 is 0 Å². The van der Waals surface area contributed by atoms with Crippen LogP contribution in [0.3, 0.4) is 0 Å². The highest BCUT2D eigenvalue weighted by Crippen LogP contribution is 2.32. The van der Waals surface area contributed by atoms with E-state index in [0.717, 1.165) is 23.3 Å². The van der Waals surface area contributed by atoms with Crippen molar-refractivity contribution in [1.29, 1.82) is 0 Å². The van der Waals surface area contributed by atoms with E-state index in [2.05, 4.69) is 35.5 Å². The van der Waals surface area contributed by atoms with E-state index in [9.17, 15) is 4.79 Å². The van der Waals surface area contributed by atoms with Crippen molar-refractivity contribution in [2.24, 2.45) is 16.0 Å². The zero-order valence-corrected chi connectivity index (χ0v) is 15.1. The van der Waals surface area contributed by atoms with E-state index in [-0.39, 0.29) is 11.2 Å². The number of carbonyl (C=O) groups excluding carboxylic acids is 1. The van der Waals surface area contributed by atoms with Gasteiger partial charge in [-0.3, -0.25) is 4.79 Å². The van der Waals surface area contributed by atoms with Crippen molar-refractivity contribution in [3.05, 3.63) is 65.4 Å². The van der Waals surface area contributed by atoms with Gasteiger partial charge in [0.15, 0.2) is 5.70 Å². The van der Waals surface area contributed by atoms with Crippen LogP contribution in [0.5, 0.6) is 5.75 Å². The molecule has 0 fully saturated rings. The first-order valence-corrected chi connectivity index (χ1v) is 8.36. The van der Waals surface area contributed by atoms with Gasteiger partial charge in [0.2, 0.25) is 0 Å². The summed E-state index contributed by atoms with van der Waals surface area (Å²) in [7, 11) is 1.60. The Balaban J connectivity index is 2.05. The summed E-state index contributed by atoms with van der Waals surface area (Å²) in [5, 5.41) is 11.7. The van der Waals surface area contributed by atoms with Crippen molar-refractivity contribution in [2.45, 2.75) is 25.8 Å². The van der Waals surface area contributed by atoms with Crippen LogP contribution in [-0.2, 0) is 11.2 Å². The van der Waals surface area contributed by atoms with Crippen LogP contribution in [-0.4, -0.2) is 18.6 Å². The predicted octanol–water partition coefficient (Wildman–Crippen LogP) is 3.56. The van der Waals surface area contributed by atoms with Crippen molar-refractivity contribution in [3.8, 4) is 5.75 Å². The minimum atomic E-state index is -0.628. The lowest BCUT2D eigenvalue weighted by Crippen LogP contribution is -2.44. The van der Waals surface area contributed by atoms with E-state index in [1.807, 2.05) is 18.2 Å². The maximum absolute atomic E-state index is 12.1. The Morgan fingerprint density at radius 1 is 1.15 bits per heavy atom. The monoisotopic (exact) mass is 350 g/mol. The topological polar surface area (TPSA) is 89.1 Å². The molecule has 0 atom stereocenters. The minimum absolute atomic E-state index is 0.112. The van der Waals surface area contributed by atoms with Crippen LogP contribution in [0, 0.1) is 0 Å². The molecule has 0 saturated heterocycles. The predicted molar refractivity (Wildman–Crippen MR) is 101 cm³/mol. The summed E-state index contributed by atoms with van der Waals surface area (Å²) in [6.07, 6.45) is 0.842. The Kier molecular flexibility index (Phi) is 4.75. The molecular formula is C20H22N4O2. The molecule has 3 rings (SSSR count). The molecule has 2 aromatic carbocycles. The minimum Gasteiger partial charge on any atom is -0.497 e. The van der Waals surface area contributed by atoms with Gasteiger partial charge in [-0.2, -0.15) is 5.11 Å². The van der Waals surface area contributed by atoms with Crippen molar-refractivity contribution in [2.75, 3.05) is 7.11 Å². The number of hydrogen-bond donors (Lipinski definition) is 2. The average molecular weight is 350 g/mol. The Labute approximate surface area is 152 Å². The third-order valence-electron chi connectivity index (χ3n) is 4.19. The lowest BCUT2D eigenvalue weighted by Gasteiger charge is -2.35. The highest BCUT2D eigenvalue weighted by atomic mass is 16.5. The molecular weight excluding hydrogens is 328 g/mol. The Morgan fingerprint density at radius 3 is 2.50 bits per heavy atom. The van der Waals surface area contributed by atoms with Crippen LogP contribution in [0.2, 0.25) is 0 Å².